The predicted octanol–water partition coefficient (Wildman–Crippen LogP) is 0.639. The molecule has 0 fully saturated rings. The van der Waals surface area contributed by atoms with Gasteiger partial charge in [-0.25, -0.2) is 0 Å². The summed E-state index contributed by atoms with van der Waals surface area (Å²) in [5.41, 5.74) is 0.986. The first-order valence-electron chi connectivity index (χ1n) is 7.21. The summed E-state index contributed by atoms with van der Waals surface area (Å²) in [5.74, 6) is 1.25. The highest BCUT2D eigenvalue weighted by Gasteiger charge is 2.08. The Bertz CT molecular complexity index is 669. The van der Waals surface area contributed by atoms with Gasteiger partial charge in [-0.05, 0) is 12.1 Å². The number of rotatable bonds is 5. The first-order valence-corrected chi connectivity index (χ1v) is 7.21. The van der Waals surface area contributed by atoms with Crippen molar-refractivity contribution in [1.29, 1.82) is 0 Å². The lowest BCUT2D eigenvalue weighted by atomic mass is 10.3. The summed E-state index contributed by atoms with van der Waals surface area (Å²) in [5, 5.41) is 14.1. The van der Waals surface area contributed by atoms with Gasteiger partial charge in [0.1, 0.15) is 6.33 Å². The van der Waals surface area contributed by atoms with E-state index in [0.717, 1.165) is 11.5 Å². The van der Waals surface area contributed by atoms with E-state index < -0.39 is 0 Å². The number of benzene rings is 1. The summed E-state index contributed by atoms with van der Waals surface area (Å²) in [6, 6.07) is 9.84. The van der Waals surface area contributed by atoms with Crippen molar-refractivity contribution in [1.82, 2.24) is 30.3 Å². The van der Waals surface area contributed by atoms with Crippen molar-refractivity contribution in [3.05, 3.63) is 42.5 Å². The molecular formula is C15H22IN7O. The number of aromatic nitrogens is 3. The molecule has 0 aliphatic carbocycles. The van der Waals surface area contributed by atoms with Gasteiger partial charge in [0.25, 0.3) is 0 Å². The number of nitrogens with one attached hydrogen (secondary N) is 2. The Labute approximate surface area is 158 Å². The number of likely N-dealkylation sites (N-methyl/N-ethyl adjacent to an activating group) is 1. The molecular weight excluding hydrogens is 421 g/mol. The Hall–Kier alpha value is -2.17. The van der Waals surface area contributed by atoms with Crippen LogP contribution in [0.25, 0.3) is 5.69 Å². The lowest BCUT2D eigenvalue weighted by Crippen LogP contribution is -2.42. The third-order valence-electron chi connectivity index (χ3n) is 3.20. The summed E-state index contributed by atoms with van der Waals surface area (Å²) in [6.45, 7) is 0.614. The number of hydrogen-bond acceptors (Lipinski definition) is 4. The zero-order valence-corrected chi connectivity index (χ0v) is 16.3. The first-order chi connectivity index (χ1) is 11.1. The average molecular weight is 443 g/mol. The van der Waals surface area contributed by atoms with E-state index in [1.54, 1.807) is 27.5 Å². The van der Waals surface area contributed by atoms with Gasteiger partial charge in [0.15, 0.2) is 11.8 Å². The number of halogens is 1. The third-order valence-corrected chi connectivity index (χ3v) is 3.20. The van der Waals surface area contributed by atoms with E-state index in [9.17, 15) is 4.79 Å². The summed E-state index contributed by atoms with van der Waals surface area (Å²) in [4.78, 5) is 17.2. The van der Waals surface area contributed by atoms with E-state index >= 15 is 0 Å². The minimum absolute atomic E-state index is 0. The molecule has 0 saturated carbocycles. The summed E-state index contributed by atoms with van der Waals surface area (Å²) < 4.78 is 1.89. The lowest BCUT2D eigenvalue weighted by Gasteiger charge is -2.14. The van der Waals surface area contributed by atoms with Crippen LogP contribution in [0.15, 0.2) is 41.7 Å². The highest BCUT2D eigenvalue weighted by Crippen LogP contribution is 2.08. The maximum atomic E-state index is 11.6. The highest BCUT2D eigenvalue weighted by molar-refractivity contribution is 14.0. The smallest absolute Gasteiger partial charge is 0.241 e. The topological polar surface area (TPSA) is 87.4 Å². The fourth-order valence-electron chi connectivity index (χ4n) is 1.88. The molecule has 8 nitrogen and oxygen atoms in total. The Morgan fingerprint density at radius 3 is 2.58 bits per heavy atom. The van der Waals surface area contributed by atoms with Crippen molar-refractivity contribution in [2.75, 3.05) is 27.7 Å². The monoisotopic (exact) mass is 443 g/mol. The molecule has 1 aromatic carbocycles. The maximum absolute atomic E-state index is 11.6. The van der Waals surface area contributed by atoms with Gasteiger partial charge in [-0.3, -0.25) is 14.4 Å². The second-order valence-electron chi connectivity index (χ2n) is 5.02. The normalized spacial score (nSPS) is 10.7. The second-order valence-corrected chi connectivity index (χ2v) is 5.02. The van der Waals surface area contributed by atoms with E-state index in [1.165, 1.54) is 4.90 Å². The Kier molecular flexibility index (Phi) is 8.16. The fourth-order valence-corrected chi connectivity index (χ4v) is 1.88. The summed E-state index contributed by atoms with van der Waals surface area (Å²) >= 11 is 0. The highest BCUT2D eigenvalue weighted by atomic mass is 127. The van der Waals surface area contributed by atoms with Crippen LogP contribution in [0.5, 0.6) is 0 Å². The molecule has 0 saturated heterocycles. The molecule has 0 spiro atoms. The van der Waals surface area contributed by atoms with Crippen LogP contribution in [0.3, 0.4) is 0 Å². The number of aliphatic imine (C=N–C) groups is 1. The quantitative estimate of drug-likeness (QED) is 0.403. The minimum Gasteiger partial charge on any atom is -0.349 e. The number of nitrogens with zero attached hydrogens (tertiary/aromatic N) is 5. The van der Waals surface area contributed by atoms with Gasteiger partial charge in [0.05, 0.1) is 13.1 Å². The Balaban J connectivity index is 0.00000288. The average Bonchev–Trinajstić information content (AvgIpc) is 3.04. The van der Waals surface area contributed by atoms with Crippen LogP contribution >= 0.6 is 24.0 Å². The Morgan fingerprint density at radius 1 is 1.25 bits per heavy atom. The van der Waals surface area contributed by atoms with Gasteiger partial charge < -0.3 is 15.5 Å². The van der Waals surface area contributed by atoms with Gasteiger partial charge in [-0.2, -0.15) is 0 Å². The minimum atomic E-state index is -0.0274. The van der Waals surface area contributed by atoms with Gasteiger partial charge in [-0.1, -0.05) is 18.2 Å². The maximum Gasteiger partial charge on any atom is 0.241 e. The lowest BCUT2D eigenvalue weighted by molar-refractivity contribution is -0.127. The zero-order chi connectivity index (χ0) is 16.7. The molecule has 2 aromatic rings. The fraction of sp³-hybridized carbons (Fsp3) is 0.333. The molecule has 9 heteroatoms. The zero-order valence-electron chi connectivity index (χ0n) is 13.9. The molecule has 0 atom stereocenters. The van der Waals surface area contributed by atoms with Crippen LogP contribution in [0.2, 0.25) is 0 Å². The predicted molar refractivity (Wildman–Crippen MR) is 104 cm³/mol. The molecule has 24 heavy (non-hydrogen) atoms. The second kappa shape index (κ2) is 9.85. The number of para-hydroxylation sites is 1. The van der Waals surface area contributed by atoms with Gasteiger partial charge in [0.2, 0.25) is 5.91 Å². The van der Waals surface area contributed by atoms with Crippen molar-refractivity contribution >= 4 is 35.8 Å². The number of guanidine groups is 1. The number of hydrogen-bond donors (Lipinski definition) is 2. The van der Waals surface area contributed by atoms with Crippen molar-refractivity contribution in [2.45, 2.75) is 6.54 Å². The van der Waals surface area contributed by atoms with Crippen molar-refractivity contribution in [3.8, 4) is 5.69 Å². The standard InChI is InChI=1S/C15H21N7O.HI/c1-16-15(18-10-14(23)21(2)3)17-9-13-20-19-11-22(13)12-7-5-4-6-8-12;/h4-8,11H,9-10H2,1-3H3,(H2,16,17,18);1H. The van der Waals surface area contributed by atoms with Crippen LogP contribution in [0.1, 0.15) is 5.82 Å². The van der Waals surface area contributed by atoms with E-state index in [4.69, 9.17) is 0 Å². The molecule has 130 valence electrons. The molecule has 0 unspecified atom stereocenters. The van der Waals surface area contributed by atoms with Crippen molar-refractivity contribution in [3.63, 3.8) is 0 Å². The molecule has 1 amide bonds. The molecule has 2 rings (SSSR count). The van der Waals surface area contributed by atoms with E-state index in [1.807, 2.05) is 34.9 Å². The SMILES string of the molecule is CN=C(NCC(=O)N(C)C)NCc1nncn1-c1ccccc1.I. The molecule has 1 aromatic heterocycles. The summed E-state index contributed by atoms with van der Waals surface area (Å²) in [7, 11) is 5.07. The first kappa shape index (κ1) is 19.9. The molecule has 0 bridgehead atoms. The van der Waals surface area contributed by atoms with Crippen molar-refractivity contribution in [2.24, 2.45) is 4.99 Å². The number of carbonyl (C=O) groups is 1. The molecule has 0 radical (unpaired) electrons. The van der Waals surface area contributed by atoms with Crippen LogP contribution in [0, 0.1) is 0 Å². The van der Waals surface area contributed by atoms with E-state index in [2.05, 4.69) is 25.8 Å². The number of amides is 1. The van der Waals surface area contributed by atoms with Crippen LogP contribution in [-0.4, -0.2) is 59.2 Å². The van der Waals surface area contributed by atoms with Gasteiger partial charge in [0, 0.05) is 26.8 Å². The number of carbonyl (C=O) groups excluding carboxylic acids is 1. The Morgan fingerprint density at radius 2 is 1.96 bits per heavy atom. The molecule has 2 N–H and O–H groups in total. The largest absolute Gasteiger partial charge is 0.349 e. The molecule has 1 heterocycles. The van der Waals surface area contributed by atoms with E-state index in [-0.39, 0.29) is 36.4 Å². The molecule has 0 aliphatic rings. The van der Waals surface area contributed by atoms with Crippen LogP contribution in [0.4, 0.5) is 0 Å². The third kappa shape index (κ3) is 5.48. The van der Waals surface area contributed by atoms with Gasteiger partial charge >= 0.3 is 0 Å². The van der Waals surface area contributed by atoms with E-state index in [0.29, 0.717) is 12.5 Å². The van der Waals surface area contributed by atoms with Crippen molar-refractivity contribution < 1.29 is 4.79 Å². The molecule has 0 aliphatic heterocycles. The van der Waals surface area contributed by atoms with Crippen LogP contribution < -0.4 is 10.6 Å². The summed E-state index contributed by atoms with van der Waals surface area (Å²) in [6.07, 6.45) is 1.66. The van der Waals surface area contributed by atoms with Crippen LogP contribution in [-0.2, 0) is 11.3 Å². The van der Waals surface area contributed by atoms with Gasteiger partial charge in [-0.15, -0.1) is 34.2 Å².